The first-order chi connectivity index (χ1) is 14.7. The fourth-order valence-corrected chi connectivity index (χ4v) is 5.16. The molecular weight excluding hydrogens is 438 g/mol. The fraction of sp³-hybridized carbons (Fsp3) is 0.286. The number of hydrogen-bond acceptors (Lipinski definition) is 5. The Kier molecular flexibility index (Phi) is 7.14. The van der Waals surface area contributed by atoms with Crippen LogP contribution in [0, 0.1) is 0 Å². The van der Waals surface area contributed by atoms with Crippen molar-refractivity contribution < 1.29 is 21.6 Å². The maximum absolute atomic E-state index is 12.2. The maximum atomic E-state index is 12.2. The normalized spacial score (nSPS) is 14.5. The van der Waals surface area contributed by atoms with E-state index in [9.17, 15) is 21.6 Å². The van der Waals surface area contributed by atoms with E-state index in [0.717, 1.165) is 12.8 Å². The molecule has 10 heteroatoms. The van der Waals surface area contributed by atoms with Crippen LogP contribution in [-0.4, -0.2) is 34.5 Å². The van der Waals surface area contributed by atoms with E-state index in [4.69, 9.17) is 0 Å². The van der Waals surface area contributed by atoms with Gasteiger partial charge in [0.15, 0.2) is 0 Å². The maximum Gasteiger partial charge on any atom is 0.248 e. The molecule has 0 spiro atoms. The zero-order chi connectivity index (χ0) is 22.5. The summed E-state index contributed by atoms with van der Waals surface area (Å²) in [5, 5.41) is 2.68. The van der Waals surface area contributed by atoms with Gasteiger partial charge in [-0.3, -0.25) is 9.52 Å². The van der Waals surface area contributed by atoms with Crippen molar-refractivity contribution in [1.29, 1.82) is 0 Å². The van der Waals surface area contributed by atoms with Crippen LogP contribution in [0.3, 0.4) is 0 Å². The van der Waals surface area contributed by atoms with Crippen LogP contribution in [-0.2, 0) is 24.8 Å². The van der Waals surface area contributed by atoms with Crippen LogP contribution in [0.5, 0.6) is 0 Å². The topological polar surface area (TPSA) is 121 Å². The number of hydrogen-bond donors (Lipinski definition) is 3. The Labute approximate surface area is 182 Å². The molecule has 1 aliphatic carbocycles. The summed E-state index contributed by atoms with van der Waals surface area (Å²) in [6.07, 6.45) is 5.17. The Morgan fingerprint density at radius 3 is 2.16 bits per heavy atom. The van der Waals surface area contributed by atoms with E-state index in [1.807, 2.05) is 0 Å². The van der Waals surface area contributed by atoms with Crippen LogP contribution >= 0.6 is 0 Å². The first-order valence-electron chi connectivity index (χ1n) is 9.89. The number of rotatable bonds is 10. The molecule has 0 radical (unpaired) electrons. The van der Waals surface area contributed by atoms with Crippen LogP contribution in [0.2, 0.25) is 0 Å². The molecule has 0 unspecified atom stereocenters. The van der Waals surface area contributed by atoms with E-state index in [2.05, 4.69) is 14.8 Å². The summed E-state index contributed by atoms with van der Waals surface area (Å²) in [6, 6.07) is 12.6. The molecule has 0 aliphatic heterocycles. The quantitative estimate of drug-likeness (QED) is 0.468. The van der Waals surface area contributed by atoms with E-state index in [-0.39, 0.29) is 22.6 Å². The van der Waals surface area contributed by atoms with Crippen molar-refractivity contribution in [3.05, 3.63) is 60.2 Å². The fourth-order valence-electron chi connectivity index (χ4n) is 2.72. The molecule has 1 aliphatic rings. The van der Waals surface area contributed by atoms with Gasteiger partial charge in [0.25, 0.3) is 0 Å². The number of nitrogens with one attached hydrogen (secondary N) is 3. The van der Waals surface area contributed by atoms with Crippen molar-refractivity contribution in [3.63, 3.8) is 0 Å². The van der Waals surface area contributed by atoms with Crippen LogP contribution in [0.1, 0.15) is 31.7 Å². The second-order valence-electron chi connectivity index (χ2n) is 7.29. The van der Waals surface area contributed by atoms with Crippen LogP contribution in [0.4, 0.5) is 11.4 Å². The molecule has 2 aromatic rings. The van der Waals surface area contributed by atoms with E-state index < -0.39 is 20.0 Å². The molecule has 3 N–H and O–H groups in total. The van der Waals surface area contributed by atoms with Crippen molar-refractivity contribution in [2.45, 2.75) is 37.1 Å². The number of carbonyl (C=O) groups is 1. The standard InChI is InChI=1S/C21H25N3O5S2/c1-2-15-30(26,27)23-18-8-6-17(7-9-18)22-21(25)14-5-16-3-12-20(13-4-16)31(28,29)24-19-10-11-19/h3-9,12-14,19,23-24H,2,10-11,15H2,1H3,(H,22,25)/b14-5+. The Balaban J connectivity index is 1.55. The van der Waals surface area contributed by atoms with E-state index >= 15 is 0 Å². The molecule has 0 bridgehead atoms. The van der Waals surface area contributed by atoms with E-state index in [0.29, 0.717) is 23.4 Å². The molecule has 1 amide bonds. The predicted octanol–water partition coefficient (Wildman–Crippen LogP) is 2.93. The zero-order valence-corrected chi connectivity index (χ0v) is 18.7. The Morgan fingerprint density at radius 1 is 0.968 bits per heavy atom. The molecule has 0 aromatic heterocycles. The summed E-state index contributed by atoms with van der Waals surface area (Å²) >= 11 is 0. The first kappa shape index (κ1) is 23.0. The van der Waals surface area contributed by atoms with Gasteiger partial charge in [0, 0.05) is 23.5 Å². The summed E-state index contributed by atoms with van der Waals surface area (Å²) in [5.41, 5.74) is 1.62. The van der Waals surface area contributed by atoms with Gasteiger partial charge < -0.3 is 5.32 Å². The number of sulfonamides is 2. The minimum Gasteiger partial charge on any atom is -0.323 e. The van der Waals surface area contributed by atoms with E-state index in [1.54, 1.807) is 49.4 Å². The SMILES string of the molecule is CCCS(=O)(=O)Nc1ccc(NC(=O)/C=C/c2ccc(S(=O)(=O)NC3CC3)cc2)cc1. The summed E-state index contributed by atoms with van der Waals surface area (Å²) in [5.74, 6) is -0.327. The van der Waals surface area contributed by atoms with Crippen LogP contribution < -0.4 is 14.8 Å². The summed E-state index contributed by atoms with van der Waals surface area (Å²) in [4.78, 5) is 12.3. The molecule has 2 aromatic carbocycles. The zero-order valence-electron chi connectivity index (χ0n) is 17.0. The lowest BCUT2D eigenvalue weighted by atomic mass is 10.2. The highest BCUT2D eigenvalue weighted by atomic mass is 32.2. The highest BCUT2D eigenvalue weighted by Gasteiger charge is 2.27. The van der Waals surface area contributed by atoms with E-state index in [1.165, 1.54) is 18.2 Å². The second kappa shape index (κ2) is 9.63. The third kappa shape index (κ3) is 7.20. The van der Waals surface area contributed by atoms with Crippen molar-refractivity contribution in [2.75, 3.05) is 15.8 Å². The van der Waals surface area contributed by atoms with Gasteiger partial charge in [0.05, 0.1) is 10.6 Å². The molecule has 0 saturated heterocycles. The predicted molar refractivity (Wildman–Crippen MR) is 122 cm³/mol. The van der Waals surface area contributed by atoms with Gasteiger partial charge in [-0.1, -0.05) is 19.1 Å². The van der Waals surface area contributed by atoms with Crippen molar-refractivity contribution in [3.8, 4) is 0 Å². The minimum atomic E-state index is -3.50. The van der Waals surface area contributed by atoms with Gasteiger partial charge in [-0.15, -0.1) is 0 Å². The molecule has 8 nitrogen and oxygen atoms in total. The number of anilines is 2. The van der Waals surface area contributed by atoms with Crippen LogP contribution in [0.25, 0.3) is 6.08 Å². The molecule has 1 saturated carbocycles. The highest BCUT2D eigenvalue weighted by Crippen LogP contribution is 2.22. The molecular formula is C21H25N3O5S2. The average Bonchev–Trinajstić information content (AvgIpc) is 3.51. The Morgan fingerprint density at radius 2 is 1.58 bits per heavy atom. The number of benzene rings is 2. The number of amides is 1. The average molecular weight is 464 g/mol. The van der Waals surface area contributed by atoms with Gasteiger partial charge in [0.2, 0.25) is 26.0 Å². The van der Waals surface area contributed by atoms with Gasteiger partial charge in [-0.2, -0.15) is 0 Å². The molecule has 0 heterocycles. The molecule has 3 rings (SSSR count). The van der Waals surface area contributed by atoms with Gasteiger partial charge in [0.1, 0.15) is 0 Å². The molecule has 31 heavy (non-hydrogen) atoms. The Bertz CT molecular complexity index is 1150. The molecule has 0 atom stereocenters. The lowest BCUT2D eigenvalue weighted by Crippen LogP contribution is -2.25. The third-order valence-corrected chi connectivity index (χ3v) is 7.44. The largest absolute Gasteiger partial charge is 0.323 e. The van der Waals surface area contributed by atoms with Crippen molar-refractivity contribution in [2.24, 2.45) is 0 Å². The lowest BCUT2D eigenvalue weighted by Gasteiger charge is -2.08. The summed E-state index contributed by atoms with van der Waals surface area (Å²) in [7, 11) is -6.87. The lowest BCUT2D eigenvalue weighted by molar-refractivity contribution is -0.111. The van der Waals surface area contributed by atoms with Gasteiger partial charge >= 0.3 is 0 Å². The third-order valence-electron chi connectivity index (χ3n) is 4.42. The molecule has 1 fully saturated rings. The first-order valence-corrected chi connectivity index (χ1v) is 13.0. The Hall–Kier alpha value is -2.69. The smallest absolute Gasteiger partial charge is 0.248 e. The van der Waals surface area contributed by atoms with Crippen molar-refractivity contribution in [1.82, 2.24) is 4.72 Å². The van der Waals surface area contributed by atoms with Crippen LogP contribution in [0.15, 0.2) is 59.5 Å². The second-order valence-corrected chi connectivity index (χ2v) is 10.8. The molecule has 166 valence electrons. The minimum absolute atomic E-state index is 0.0406. The number of carbonyl (C=O) groups excluding carboxylic acids is 1. The van der Waals surface area contributed by atoms with Gasteiger partial charge in [-0.25, -0.2) is 21.6 Å². The monoisotopic (exact) mass is 463 g/mol. The van der Waals surface area contributed by atoms with Gasteiger partial charge in [-0.05, 0) is 67.3 Å². The highest BCUT2D eigenvalue weighted by molar-refractivity contribution is 7.92. The summed E-state index contributed by atoms with van der Waals surface area (Å²) < 4.78 is 53.0. The van der Waals surface area contributed by atoms with Crippen molar-refractivity contribution >= 4 is 43.4 Å². The summed E-state index contributed by atoms with van der Waals surface area (Å²) in [6.45, 7) is 1.79.